The van der Waals surface area contributed by atoms with Crippen LogP contribution >= 0.6 is 0 Å². The predicted molar refractivity (Wildman–Crippen MR) is 71.3 cm³/mol. The fourth-order valence-corrected chi connectivity index (χ4v) is 3.21. The van der Waals surface area contributed by atoms with E-state index < -0.39 is 0 Å². The van der Waals surface area contributed by atoms with Crippen LogP contribution in [0.3, 0.4) is 0 Å². The van der Waals surface area contributed by atoms with E-state index in [1.807, 2.05) is 0 Å². The van der Waals surface area contributed by atoms with Gasteiger partial charge in [-0.3, -0.25) is 4.90 Å². The molecule has 2 rings (SSSR count). The first-order chi connectivity index (χ1) is 8.29. The quantitative estimate of drug-likeness (QED) is 0.817. The standard InChI is InChI=1S/C14H28N2O/c1-3-14(4-2)12-16(9-6-8-15-14)13-7-5-10-17-11-13/h13,15H,3-12H2,1-2H3. The van der Waals surface area contributed by atoms with Crippen LogP contribution in [-0.2, 0) is 4.74 Å². The summed E-state index contributed by atoms with van der Waals surface area (Å²) in [7, 11) is 0. The van der Waals surface area contributed by atoms with Crippen molar-refractivity contribution in [2.75, 3.05) is 32.8 Å². The minimum Gasteiger partial charge on any atom is -0.380 e. The third kappa shape index (κ3) is 3.21. The molecule has 0 aromatic carbocycles. The molecule has 1 atom stereocenters. The second-order valence-corrected chi connectivity index (χ2v) is 5.61. The van der Waals surface area contributed by atoms with Crippen molar-refractivity contribution in [1.82, 2.24) is 10.2 Å². The average Bonchev–Trinajstić information content (AvgIpc) is 2.63. The van der Waals surface area contributed by atoms with Crippen molar-refractivity contribution in [3.8, 4) is 0 Å². The number of nitrogens with zero attached hydrogens (tertiary/aromatic N) is 1. The zero-order chi connectivity index (χ0) is 12.1. The topological polar surface area (TPSA) is 24.5 Å². The van der Waals surface area contributed by atoms with Gasteiger partial charge in [0, 0.05) is 24.7 Å². The Hall–Kier alpha value is -0.120. The van der Waals surface area contributed by atoms with E-state index in [9.17, 15) is 0 Å². The highest BCUT2D eigenvalue weighted by molar-refractivity contribution is 4.93. The van der Waals surface area contributed by atoms with E-state index >= 15 is 0 Å². The van der Waals surface area contributed by atoms with Gasteiger partial charge in [-0.1, -0.05) is 13.8 Å². The Balaban J connectivity index is 2.00. The molecule has 3 nitrogen and oxygen atoms in total. The van der Waals surface area contributed by atoms with E-state index in [1.165, 1.54) is 51.7 Å². The Morgan fingerprint density at radius 3 is 2.76 bits per heavy atom. The summed E-state index contributed by atoms with van der Waals surface area (Å²) < 4.78 is 5.65. The Bertz CT molecular complexity index is 222. The van der Waals surface area contributed by atoms with E-state index in [-0.39, 0.29) is 0 Å². The molecule has 2 aliphatic heterocycles. The van der Waals surface area contributed by atoms with Crippen LogP contribution < -0.4 is 5.32 Å². The molecule has 100 valence electrons. The highest BCUT2D eigenvalue weighted by Gasteiger charge is 2.33. The number of hydrogen-bond acceptors (Lipinski definition) is 3. The van der Waals surface area contributed by atoms with Crippen LogP contribution in [0.4, 0.5) is 0 Å². The molecule has 0 saturated carbocycles. The largest absolute Gasteiger partial charge is 0.380 e. The summed E-state index contributed by atoms with van der Waals surface area (Å²) in [6, 6.07) is 0.668. The van der Waals surface area contributed by atoms with Crippen molar-refractivity contribution < 1.29 is 4.74 Å². The third-order valence-electron chi connectivity index (χ3n) is 4.63. The van der Waals surface area contributed by atoms with Gasteiger partial charge in [-0.25, -0.2) is 0 Å². The molecule has 0 aromatic heterocycles. The van der Waals surface area contributed by atoms with Crippen molar-refractivity contribution in [2.45, 2.75) is 57.5 Å². The Morgan fingerprint density at radius 2 is 2.12 bits per heavy atom. The lowest BCUT2D eigenvalue weighted by Crippen LogP contribution is -2.53. The molecule has 0 aliphatic carbocycles. The maximum absolute atomic E-state index is 5.65. The van der Waals surface area contributed by atoms with E-state index in [2.05, 4.69) is 24.1 Å². The van der Waals surface area contributed by atoms with Gasteiger partial charge in [-0.2, -0.15) is 0 Å². The number of rotatable bonds is 3. The lowest BCUT2D eigenvalue weighted by Gasteiger charge is -2.40. The summed E-state index contributed by atoms with van der Waals surface area (Å²) in [5.74, 6) is 0. The average molecular weight is 240 g/mol. The van der Waals surface area contributed by atoms with E-state index in [1.54, 1.807) is 0 Å². The van der Waals surface area contributed by atoms with Crippen LogP contribution in [0.15, 0.2) is 0 Å². The zero-order valence-electron chi connectivity index (χ0n) is 11.5. The molecule has 2 heterocycles. The molecule has 0 aromatic rings. The minimum absolute atomic E-state index is 0.341. The molecule has 0 amide bonds. The van der Waals surface area contributed by atoms with Gasteiger partial charge >= 0.3 is 0 Å². The van der Waals surface area contributed by atoms with Crippen LogP contribution in [0, 0.1) is 0 Å². The van der Waals surface area contributed by atoms with Crippen LogP contribution in [0.25, 0.3) is 0 Å². The smallest absolute Gasteiger partial charge is 0.0621 e. The van der Waals surface area contributed by atoms with Gasteiger partial charge in [0.1, 0.15) is 0 Å². The van der Waals surface area contributed by atoms with Crippen molar-refractivity contribution in [3.05, 3.63) is 0 Å². The first-order valence-electron chi connectivity index (χ1n) is 7.36. The molecular formula is C14H28N2O. The second-order valence-electron chi connectivity index (χ2n) is 5.61. The maximum Gasteiger partial charge on any atom is 0.0621 e. The van der Waals surface area contributed by atoms with Crippen molar-refractivity contribution >= 4 is 0 Å². The van der Waals surface area contributed by atoms with Crippen LogP contribution in [-0.4, -0.2) is 49.3 Å². The first-order valence-corrected chi connectivity index (χ1v) is 7.36. The molecule has 1 N–H and O–H groups in total. The van der Waals surface area contributed by atoms with Gasteiger partial charge in [-0.15, -0.1) is 0 Å². The molecule has 1 unspecified atom stereocenters. The zero-order valence-corrected chi connectivity index (χ0v) is 11.5. The van der Waals surface area contributed by atoms with Crippen molar-refractivity contribution in [2.24, 2.45) is 0 Å². The minimum atomic E-state index is 0.341. The van der Waals surface area contributed by atoms with Gasteiger partial charge < -0.3 is 10.1 Å². The summed E-state index contributed by atoms with van der Waals surface area (Å²) >= 11 is 0. The molecule has 17 heavy (non-hydrogen) atoms. The van der Waals surface area contributed by atoms with Crippen LogP contribution in [0.1, 0.15) is 46.0 Å². The molecule has 2 saturated heterocycles. The van der Waals surface area contributed by atoms with Gasteiger partial charge in [0.05, 0.1) is 6.61 Å². The lowest BCUT2D eigenvalue weighted by molar-refractivity contribution is 0.0105. The lowest BCUT2D eigenvalue weighted by atomic mass is 9.91. The first kappa shape index (κ1) is 13.3. The molecular weight excluding hydrogens is 212 g/mol. The number of hydrogen-bond donors (Lipinski definition) is 1. The summed E-state index contributed by atoms with van der Waals surface area (Å²) in [5, 5.41) is 3.78. The monoisotopic (exact) mass is 240 g/mol. The van der Waals surface area contributed by atoms with Gasteiger partial charge in [0.25, 0.3) is 0 Å². The molecule has 2 fully saturated rings. The van der Waals surface area contributed by atoms with Crippen molar-refractivity contribution in [1.29, 1.82) is 0 Å². The fraction of sp³-hybridized carbons (Fsp3) is 1.00. The third-order valence-corrected chi connectivity index (χ3v) is 4.63. The van der Waals surface area contributed by atoms with E-state index in [0.29, 0.717) is 11.6 Å². The summed E-state index contributed by atoms with van der Waals surface area (Å²) in [4.78, 5) is 2.69. The molecule has 2 aliphatic rings. The predicted octanol–water partition coefficient (Wildman–Crippen LogP) is 2.02. The number of ether oxygens (including phenoxy) is 1. The normalized spacial score (nSPS) is 31.1. The Labute approximate surface area is 106 Å². The molecule has 3 heteroatoms. The molecule has 0 bridgehead atoms. The van der Waals surface area contributed by atoms with Gasteiger partial charge in [0.2, 0.25) is 0 Å². The van der Waals surface area contributed by atoms with E-state index in [4.69, 9.17) is 4.74 Å². The summed E-state index contributed by atoms with van der Waals surface area (Å²) in [6.45, 7) is 10.2. The van der Waals surface area contributed by atoms with Gasteiger partial charge in [-0.05, 0) is 45.2 Å². The van der Waals surface area contributed by atoms with Crippen molar-refractivity contribution in [3.63, 3.8) is 0 Å². The highest BCUT2D eigenvalue weighted by Crippen LogP contribution is 2.23. The van der Waals surface area contributed by atoms with E-state index in [0.717, 1.165) is 13.2 Å². The Morgan fingerprint density at radius 1 is 1.29 bits per heavy atom. The summed E-state index contributed by atoms with van der Waals surface area (Å²) in [6.07, 6.45) is 6.29. The summed E-state index contributed by atoms with van der Waals surface area (Å²) in [5.41, 5.74) is 0.341. The second kappa shape index (κ2) is 6.17. The SMILES string of the molecule is CCC1(CC)CN(C2CCCOC2)CCCN1. The number of nitrogens with one attached hydrogen (secondary N) is 1. The Kier molecular flexibility index (Phi) is 4.83. The molecule has 0 spiro atoms. The molecule has 0 radical (unpaired) electrons. The highest BCUT2D eigenvalue weighted by atomic mass is 16.5. The van der Waals surface area contributed by atoms with Crippen LogP contribution in [0.2, 0.25) is 0 Å². The fourth-order valence-electron chi connectivity index (χ4n) is 3.21. The van der Waals surface area contributed by atoms with Crippen LogP contribution in [0.5, 0.6) is 0 Å². The maximum atomic E-state index is 5.65. The van der Waals surface area contributed by atoms with Gasteiger partial charge in [0.15, 0.2) is 0 Å².